The van der Waals surface area contributed by atoms with Crippen LogP contribution >= 0.6 is 11.6 Å². The van der Waals surface area contributed by atoms with Gasteiger partial charge in [0.15, 0.2) is 0 Å². The van der Waals surface area contributed by atoms with Crippen molar-refractivity contribution in [1.29, 1.82) is 0 Å². The standard InChI is InChI=1S/C16H26ClNO2/c1-5-7-8-12(6-2)11-18-14-9-13(17)15(19-3)10-16(14)20-4/h9-10,12,18H,5-8,11H2,1-4H3. The van der Waals surface area contributed by atoms with E-state index in [1.807, 2.05) is 12.1 Å². The zero-order valence-electron chi connectivity index (χ0n) is 13.0. The Labute approximate surface area is 127 Å². The van der Waals surface area contributed by atoms with E-state index in [0.29, 0.717) is 16.7 Å². The van der Waals surface area contributed by atoms with Crippen molar-refractivity contribution in [2.75, 3.05) is 26.1 Å². The van der Waals surface area contributed by atoms with Crippen LogP contribution in [-0.4, -0.2) is 20.8 Å². The number of ether oxygens (including phenoxy) is 2. The molecule has 0 heterocycles. The van der Waals surface area contributed by atoms with E-state index in [4.69, 9.17) is 21.1 Å². The molecule has 0 saturated heterocycles. The van der Waals surface area contributed by atoms with Gasteiger partial charge in [0.25, 0.3) is 0 Å². The van der Waals surface area contributed by atoms with Crippen LogP contribution in [0.5, 0.6) is 11.5 Å². The summed E-state index contributed by atoms with van der Waals surface area (Å²) in [4.78, 5) is 0. The Bertz CT molecular complexity index is 410. The molecule has 0 aliphatic rings. The molecular weight excluding hydrogens is 274 g/mol. The van der Waals surface area contributed by atoms with Crippen molar-refractivity contribution in [3.05, 3.63) is 17.2 Å². The number of hydrogen-bond donors (Lipinski definition) is 1. The van der Waals surface area contributed by atoms with Crippen LogP contribution in [-0.2, 0) is 0 Å². The lowest BCUT2D eigenvalue weighted by molar-refractivity contribution is 0.395. The quantitative estimate of drug-likeness (QED) is 0.697. The Balaban J connectivity index is 2.73. The van der Waals surface area contributed by atoms with Crippen molar-refractivity contribution in [3.63, 3.8) is 0 Å². The summed E-state index contributed by atoms with van der Waals surface area (Å²) in [6.07, 6.45) is 4.96. The summed E-state index contributed by atoms with van der Waals surface area (Å²) in [5, 5.41) is 4.05. The van der Waals surface area contributed by atoms with Gasteiger partial charge in [-0.05, 0) is 18.4 Å². The Morgan fingerprint density at radius 1 is 1.15 bits per heavy atom. The molecule has 0 aliphatic heterocycles. The van der Waals surface area contributed by atoms with Gasteiger partial charge < -0.3 is 14.8 Å². The van der Waals surface area contributed by atoms with Crippen LogP contribution in [0.2, 0.25) is 5.02 Å². The molecule has 0 radical (unpaired) electrons. The minimum absolute atomic E-state index is 0.595. The van der Waals surface area contributed by atoms with Crippen LogP contribution < -0.4 is 14.8 Å². The molecule has 4 heteroatoms. The third-order valence-electron chi connectivity index (χ3n) is 3.60. The molecule has 1 unspecified atom stereocenters. The maximum atomic E-state index is 6.17. The first-order valence-electron chi connectivity index (χ1n) is 7.31. The van der Waals surface area contributed by atoms with E-state index in [1.54, 1.807) is 14.2 Å². The normalized spacial score (nSPS) is 12.1. The van der Waals surface area contributed by atoms with E-state index in [-0.39, 0.29) is 0 Å². The maximum Gasteiger partial charge on any atom is 0.145 e. The maximum absolute atomic E-state index is 6.17. The molecule has 0 saturated carbocycles. The van der Waals surface area contributed by atoms with Crippen LogP contribution in [0.3, 0.4) is 0 Å². The van der Waals surface area contributed by atoms with Gasteiger partial charge in [-0.3, -0.25) is 0 Å². The highest BCUT2D eigenvalue weighted by molar-refractivity contribution is 6.32. The highest BCUT2D eigenvalue weighted by Gasteiger charge is 2.11. The predicted octanol–water partition coefficient (Wildman–Crippen LogP) is 4.99. The second-order valence-electron chi connectivity index (χ2n) is 4.98. The smallest absolute Gasteiger partial charge is 0.145 e. The molecule has 0 aromatic heterocycles. The summed E-state index contributed by atoms with van der Waals surface area (Å²) < 4.78 is 10.6. The number of hydrogen-bond acceptors (Lipinski definition) is 3. The lowest BCUT2D eigenvalue weighted by Crippen LogP contribution is -2.14. The van der Waals surface area contributed by atoms with Crippen LogP contribution in [0.1, 0.15) is 39.5 Å². The molecule has 1 N–H and O–H groups in total. The van der Waals surface area contributed by atoms with Crippen molar-refractivity contribution in [2.24, 2.45) is 5.92 Å². The zero-order chi connectivity index (χ0) is 15.0. The molecule has 0 aliphatic carbocycles. The van der Waals surface area contributed by atoms with E-state index in [0.717, 1.165) is 18.0 Å². The third kappa shape index (κ3) is 4.78. The van der Waals surface area contributed by atoms with Gasteiger partial charge in [-0.15, -0.1) is 0 Å². The largest absolute Gasteiger partial charge is 0.495 e. The first-order valence-corrected chi connectivity index (χ1v) is 7.69. The van der Waals surface area contributed by atoms with E-state index >= 15 is 0 Å². The van der Waals surface area contributed by atoms with E-state index < -0.39 is 0 Å². The number of unbranched alkanes of at least 4 members (excludes halogenated alkanes) is 1. The zero-order valence-corrected chi connectivity index (χ0v) is 13.7. The van der Waals surface area contributed by atoms with Gasteiger partial charge in [0.05, 0.1) is 24.9 Å². The van der Waals surface area contributed by atoms with Crippen molar-refractivity contribution in [3.8, 4) is 11.5 Å². The number of rotatable bonds is 9. The Morgan fingerprint density at radius 3 is 2.40 bits per heavy atom. The molecule has 3 nitrogen and oxygen atoms in total. The van der Waals surface area contributed by atoms with E-state index in [2.05, 4.69) is 19.2 Å². The predicted molar refractivity (Wildman–Crippen MR) is 86.4 cm³/mol. The average Bonchev–Trinajstić information content (AvgIpc) is 2.47. The number of nitrogens with one attached hydrogen (secondary N) is 1. The van der Waals surface area contributed by atoms with Gasteiger partial charge in [-0.25, -0.2) is 0 Å². The Kier molecular flexibility index (Phi) is 7.60. The summed E-state index contributed by atoms with van der Waals surface area (Å²) in [6, 6.07) is 3.68. The van der Waals surface area contributed by atoms with Gasteiger partial charge in [0.2, 0.25) is 0 Å². The summed E-state index contributed by atoms with van der Waals surface area (Å²) in [6.45, 7) is 5.40. The Morgan fingerprint density at radius 2 is 1.85 bits per heavy atom. The fourth-order valence-corrected chi connectivity index (χ4v) is 2.44. The van der Waals surface area contributed by atoms with Gasteiger partial charge in [-0.1, -0.05) is 44.7 Å². The van der Waals surface area contributed by atoms with E-state index in [9.17, 15) is 0 Å². The first-order chi connectivity index (χ1) is 9.65. The molecule has 1 aromatic carbocycles. The van der Waals surface area contributed by atoms with Crippen LogP contribution in [0.4, 0.5) is 5.69 Å². The fraction of sp³-hybridized carbons (Fsp3) is 0.625. The lowest BCUT2D eigenvalue weighted by Gasteiger charge is -2.18. The van der Waals surface area contributed by atoms with Crippen molar-refractivity contribution < 1.29 is 9.47 Å². The van der Waals surface area contributed by atoms with E-state index in [1.165, 1.54) is 25.7 Å². The van der Waals surface area contributed by atoms with Crippen molar-refractivity contribution >= 4 is 17.3 Å². The summed E-state index contributed by atoms with van der Waals surface area (Å²) in [5.41, 5.74) is 0.924. The summed E-state index contributed by atoms with van der Waals surface area (Å²) in [5.74, 6) is 2.07. The highest BCUT2D eigenvalue weighted by atomic mass is 35.5. The number of halogens is 1. The van der Waals surface area contributed by atoms with Crippen molar-refractivity contribution in [2.45, 2.75) is 39.5 Å². The minimum Gasteiger partial charge on any atom is -0.495 e. The summed E-state index contributed by atoms with van der Waals surface area (Å²) >= 11 is 6.17. The van der Waals surface area contributed by atoms with Gasteiger partial charge in [0, 0.05) is 12.6 Å². The molecule has 0 fully saturated rings. The molecule has 0 amide bonds. The van der Waals surface area contributed by atoms with Gasteiger partial charge in [-0.2, -0.15) is 0 Å². The average molecular weight is 300 g/mol. The number of methoxy groups -OCH3 is 2. The second-order valence-corrected chi connectivity index (χ2v) is 5.39. The molecule has 1 rings (SSSR count). The second kappa shape index (κ2) is 8.96. The third-order valence-corrected chi connectivity index (χ3v) is 3.89. The number of anilines is 1. The molecule has 20 heavy (non-hydrogen) atoms. The minimum atomic E-state index is 0.595. The van der Waals surface area contributed by atoms with Gasteiger partial charge >= 0.3 is 0 Å². The SMILES string of the molecule is CCCCC(CC)CNc1cc(Cl)c(OC)cc1OC. The first kappa shape index (κ1) is 17.0. The topological polar surface area (TPSA) is 30.5 Å². The van der Waals surface area contributed by atoms with Crippen LogP contribution in [0.25, 0.3) is 0 Å². The van der Waals surface area contributed by atoms with Crippen LogP contribution in [0, 0.1) is 5.92 Å². The molecule has 1 atom stereocenters. The lowest BCUT2D eigenvalue weighted by atomic mass is 9.99. The molecule has 0 spiro atoms. The highest BCUT2D eigenvalue weighted by Crippen LogP contribution is 2.36. The molecular formula is C16H26ClNO2. The molecule has 114 valence electrons. The van der Waals surface area contributed by atoms with Gasteiger partial charge in [0.1, 0.15) is 11.5 Å². The fourth-order valence-electron chi connectivity index (χ4n) is 2.20. The Hall–Kier alpha value is -1.09. The van der Waals surface area contributed by atoms with Crippen LogP contribution in [0.15, 0.2) is 12.1 Å². The molecule has 1 aromatic rings. The number of benzene rings is 1. The van der Waals surface area contributed by atoms with Crippen molar-refractivity contribution in [1.82, 2.24) is 0 Å². The molecule has 0 bridgehead atoms. The monoisotopic (exact) mass is 299 g/mol. The summed E-state index contributed by atoms with van der Waals surface area (Å²) in [7, 11) is 3.26.